The molecule has 1 aliphatic heterocycles. The molecule has 33 heavy (non-hydrogen) atoms. The topological polar surface area (TPSA) is 89.1 Å². The molecule has 3 aromatic rings. The number of amides is 1. The SMILES string of the molecule is Cc1ccccc1CN1CCN(C(=O)c2ccc(COc3ccc([N+](=O)[O-])c(C)c3)o2)CC1. The summed E-state index contributed by atoms with van der Waals surface area (Å²) >= 11 is 0. The van der Waals surface area contributed by atoms with Crippen molar-refractivity contribution in [3.8, 4) is 5.75 Å². The van der Waals surface area contributed by atoms with Gasteiger partial charge in [0, 0.05) is 44.4 Å². The number of nitrogens with zero attached hydrogens (tertiary/aromatic N) is 3. The van der Waals surface area contributed by atoms with E-state index < -0.39 is 4.92 Å². The zero-order chi connectivity index (χ0) is 23.4. The lowest BCUT2D eigenvalue weighted by atomic mass is 10.1. The molecule has 1 aromatic heterocycles. The molecular weight excluding hydrogens is 422 g/mol. The van der Waals surface area contributed by atoms with Crippen LogP contribution in [0.3, 0.4) is 0 Å². The van der Waals surface area contributed by atoms with Gasteiger partial charge in [-0.25, -0.2) is 0 Å². The van der Waals surface area contributed by atoms with Gasteiger partial charge in [-0.1, -0.05) is 24.3 Å². The van der Waals surface area contributed by atoms with Crippen LogP contribution in [0.15, 0.2) is 59.0 Å². The van der Waals surface area contributed by atoms with Crippen molar-refractivity contribution in [2.75, 3.05) is 26.2 Å². The summed E-state index contributed by atoms with van der Waals surface area (Å²) in [6.45, 7) is 7.74. The molecule has 0 atom stereocenters. The molecule has 1 fully saturated rings. The summed E-state index contributed by atoms with van der Waals surface area (Å²) in [5, 5.41) is 10.9. The van der Waals surface area contributed by atoms with Gasteiger partial charge in [0.15, 0.2) is 5.76 Å². The van der Waals surface area contributed by atoms with E-state index in [1.165, 1.54) is 17.2 Å². The first-order chi connectivity index (χ1) is 15.9. The third-order valence-electron chi connectivity index (χ3n) is 5.93. The monoisotopic (exact) mass is 449 g/mol. The molecule has 0 saturated carbocycles. The van der Waals surface area contributed by atoms with E-state index in [0.29, 0.717) is 35.9 Å². The standard InChI is InChI=1S/C25H27N3O5/c1-18-5-3-4-6-20(18)16-26-11-13-27(14-12-26)25(29)24-10-8-22(33-24)17-32-21-7-9-23(28(30)31)19(2)15-21/h3-10,15H,11-14,16-17H2,1-2H3. The number of nitro benzene ring substituents is 1. The van der Waals surface area contributed by atoms with Crippen LogP contribution < -0.4 is 4.74 Å². The fourth-order valence-corrected chi connectivity index (χ4v) is 3.94. The second-order valence-corrected chi connectivity index (χ2v) is 8.25. The van der Waals surface area contributed by atoms with Crippen molar-refractivity contribution in [2.45, 2.75) is 27.0 Å². The van der Waals surface area contributed by atoms with Crippen LogP contribution in [0.1, 0.15) is 33.0 Å². The molecule has 0 bridgehead atoms. The maximum Gasteiger partial charge on any atom is 0.289 e. The Kier molecular flexibility index (Phi) is 6.74. The molecule has 2 heterocycles. The number of nitro groups is 1. The Morgan fingerprint density at radius 3 is 2.48 bits per heavy atom. The van der Waals surface area contributed by atoms with E-state index in [2.05, 4.69) is 30.0 Å². The first kappa shape index (κ1) is 22.5. The molecule has 172 valence electrons. The summed E-state index contributed by atoms with van der Waals surface area (Å²) in [4.78, 5) is 27.5. The minimum Gasteiger partial charge on any atom is -0.486 e. The largest absolute Gasteiger partial charge is 0.486 e. The van der Waals surface area contributed by atoms with Crippen LogP contribution in [0.25, 0.3) is 0 Å². The Labute approximate surface area is 192 Å². The van der Waals surface area contributed by atoms with Gasteiger partial charge in [-0.05, 0) is 49.2 Å². The van der Waals surface area contributed by atoms with E-state index in [9.17, 15) is 14.9 Å². The Balaban J connectivity index is 1.29. The van der Waals surface area contributed by atoms with E-state index in [4.69, 9.17) is 9.15 Å². The van der Waals surface area contributed by atoms with E-state index in [1.54, 1.807) is 31.2 Å². The van der Waals surface area contributed by atoms with Gasteiger partial charge in [0.25, 0.3) is 11.6 Å². The average Bonchev–Trinajstić information content (AvgIpc) is 3.28. The van der Waals surface area contributed by atoms with Crippen LogP contribution in [0.4, 0.5) is 5.69 Å². The van der Waals surface area contributed by atoms with Crippen LogP contribution in [0.2, 0.25) is 0 Å². The van der Waals surface area contributed by atoms with Crippen molar-refractivity contribution in [1.82, 2.24) is 9.80 Å². The summed E-state index contributed by atoms with van der Waals surface area (Å²) in [7, 11) is 0. The number of ether oxygens (including phenoxy) is 1. The van der Waals surface area contributed by atoms with Crippen molar-refractivity contribution in [3.05, 3.63) is 92.9 Å². The second kappa shape index (κ2) is 9.87. The summed E-state index contributed by atoms with van der Waals surface area (Å²) < 4.78 is 11.4. The van der Waals surface area contributed by atoms with Crippen LogP contribution in [-0.2, 0) is 13.2 Å². The molecule has 0 unspecified atom stereocenters. The highest BCUT2D eigenvalue weighted by Crippen LogP contribution is 2.24. The number of benzene rings is 2. The smallest absolute Gasteiger partial charge is 0.289 e. The van der Waals surface area contributed by atoms with Crippen LogP contribution >= 0.6 is 0 Å². The van der Waals surface area contributed by atoms with Gasteiger partial charge in [0.2, 0.25) is 0 Å². The number of aryl methyl sites for hydroxylation is 2. The zero-order valence-corrected chi connectivity index (χ0v) is 18.8. The lowest BCUT2D eigenvalue weighted by Crippen LogP contribution is -2.48. The van der Waals surface area contributed by atoms with Gasteiger partial charge in [-0.2, -0.15) is 0 Å². The third kappa shape index (κ3) is 5.40. The highest BCUT2D eigenvalue weighted by molar-refractivity contribution is 5.91. The van der Waals surface area contributed by atoms with Crippen LogP contribution in [-0.4, -0.2) is 46.8 Å². The number of carbonyl (C=O) groups excluding carboxylic acids is 1. The summed E-state index contributed by atoms with van der Waals surface area (Å²) in [5.74, 6) is 1.20. The Hall–Kier alpha value is -3.65. The van der Waals surface area contributed by atoms with Gasteiger partial charge in [0.1, 0.15) is 18.1 Å². The molecule has 0 aliphatic carbocycles. The van der Waals surface area contributed by atoms with E-state index in [1.807, 2.05) is 11.0 Å². The molecule has 1 saturated heterocycles. The molecule has 0 radical (unpaired) electrons. The van der Waals surface area contributed by atoms with E-state index in [0.717, 1.165) is 19.6 Å². The maximum atomic E-state index is 12.9. The van der Waals surface area contributed by atoms with Crippen LogP contribution in [0.5, 0.6) is 5.75 Å². The molecule has 2 aromatic carbocycles. The normalized spacial score (nSPS) is 14.3. The molecule has 0 spiro atoms. The minimum absolute atomic E-state index is 0.0484. The lowest BCUT2D eigenvalue weighted by molar-refractivity contribution is -0.385. The molecule has 0 N–H and O–H groups in total. The molecule has 4 rings (SSSR count). The number of furan rings is 1. The fraction of sp³-hybridized carbons (Fsp3) is 0.320. The Bertz CT molecular complexity index is 1150. The average molecular weight is 450 g/mol. The molecule has 8 heteroatoms. The van der Waals surface area contributed by atoms with E-state index in [-0.39, 0.29) is 18.2 Å². The van der Waals surface area contributed by atoms with Crippen molar-refractivity contribution in [1.29, 1.82) is 0 Å². The Morgan fingerprint density at radius 1 is 1.03 bits per heavy atom. The predicted octanol–water partition coefficient (Wildman–Crippen LogP) is 4.34. The van der Waals surface area contributed by atoms with Crippen molar-refractivity contribution < 1.29 is 18.9 Å². The fourth-order valence-electron chi connectivity index (χ4n) is 3.94. The molecule has 1 amide bonds. The predicted molar refractivity (Wildman–Crippen MR) is 123 cm³/mol. The molecule has 8 nitrogen and oxygen atoms in total. The Morgan fingerprint density at radius 2 is 1.79 bits per heavy atom. The lowest BCUT2D eigenvalue weighted by Gasteiger charge is -2.34. The summed E-state index contributed by atoms with van der Waals surface area (Å²) in [5.41, 5.74) is 3.17. The van der Waals surface area contributed by atoms with Gasteiger partial charge in [0.05, 0.1) is 4.92 Å². The highest BCUT2D eigenvalue weighted by atomic mass is 16.6. The maximum absolute atomic E-state index is 12.9. The summed E-state index contributed by atoms with van der Waals surface area (Å²) in [6, 6.07) is 16.4. The number of piperazine rings is 1. The third-order valence-corrected chi connectivity index (χ3v) is 5.93. The van der Waals surface area contributed by atoms with Gasteiger partial charge in [-0.3, -0.25) is 19.8 Å². The van der Waals surface area contributed by atoms with Crippen molar-refractivity contribution in [2.24, 2.45) is 0 Å². The number of carbonyl (C=O) groups is 1. The number of rotatable bonds is 7. The van der Waals surface area contributed by atoms with Crippen molar-refractivity contribution in [3.63, 3.8) is 0 Å². The van der Waals surface area contributed by atoms with E-state index >= 15 is 0 Å². The minimum atomic E-state index is -0.425. The highest BCUT2D eigenvalue weighted by Gasteiger charge is 2.24. The van der Waals surface area contributed by atoms with Gasteiger partial charge in [-0.15, -0.1) is 0 Å². The van der Waals surface area contributed by atoms with Gasteiger partial charge < -0.3 is 14.1 Å². The first-order valence-corrected chi connectivity index (χ1v) is 10.9. The number of hydrogen-bond donors (Lipinski definition) is 0. The van der Waals surface area contributed by atoms with Crippen LogP contribution in [0, 0.1) is 24.0 Å². The molecule has 1 aliphatic rings. The van der Waals surface area contributed by atoms with Gasteiger partial charge >= 0.3 is 0 Å². The first-order valence-electron chi connectivity index (χ1n) is 10.9. The number of hydrogen-bond acceptors (Lipinski definition) is 6. The zero-order valence-electron chi connectivity index (χ0n) is 18.8. The summed E-state index contributed by atoms with van der Waals surface area (Å²) in [6.07, 6.45) is 0. The second-order valence-electron chi connectivity index (χ2n) is 8.25. The quantitative estimate of drug-likeness (QED) is 0.394. The molecular formula is C25H27N3O5. The van der Waals surface area contributed by atoms with Crippen molar-refractivity contribution >= 4 is 11.6 Å².